The predicted molar refractivity (Wildman–Crippen MR) is 120 cm³/mol. The fourth-order valence-electron chi connectivity index (χ4n) is 5.18. The van der Waals surface area contributed by atoms with E-state index in [-0.39, 0.29) is 17.3 Å². The molecule has 3 heteroatoms. The number of ketones is 1. The molecular weight excluding hydrogens is 370 g/mol. The van der Waals surface area contributed by atoms with Crippen LogP contribution < -0.4 is 5.56 Å². The summed E-state index contributed by atoms with van der Waals surface area (Å²) in [6.07, 6.45) is 0.438. The molecule has 1 aromatic heterocycles. The third kappa shape index (κ3) is 2.58. The number of Topliss-reactive ketones (excluding diaryl/α,β-unsaturated/α-hetero) is 1. The maximum Gasteiger partial charge on any atom is 0.254 e. The predicted octanol–water partition coefficient (Wildman–Crippen LogP) is 5.12. The normalized spacial score (nSPS) is 20.3. The Kier molecular flexibility index (Phi) is 4.21. The van der Waals surface area contributed by atoms with Gasteiger partial charge in [-0.15, -0.1) is 0 Å². The number of nitrogens with zero attached hydrogens (tertiary/aromatic N) is 1. The minimum Gasteiger partial charge on any atom is -0.311 e. The fourth-order valence-corrected chi connectivity index (χ4v) is 5.18. The molecule has 0 bridgehead atoms. The molecule has 1 aliphatic rings. The molecule has 4 aromatic rings. The Morgan fingerprint density at radius 2 is 1.50 bits per heavy atom. The highest BCUT2D eigenvalue weighted by atomic mass is 16.1. The van der Waals surface area contributed by atoms with Crippen LogP contribution in [-0.2, 0) is 13.5 Å². The van der Waals surface area contributed by atoms with Crippen LogP contribution in [0.1, 0.15) is 39.9 Å². The number of para-hydroxylation sites is 1. The molecule has 0 spiro atoms. The molecular formula is C27H23NO2. The van der Waals surface area contributed by atoms with Gasteiger partial charge in [0.25, 0.3) is 5.56 Å². The summed E-state index contributed by atoms with van der Waals surface area (Å²) in [4.78, 5) is 27.2. The standard InChI is InChI=1S/C27H23NO2/c1-27(25(29)19-13-7-4-8-14-19)17-21-23(24(27)18-11-5-3-6-12-18)20-15-9-10-16-22(20)28(2)26(21)30/h3-16,24H,17H2,1-2H3. The van der Waals surface area contributed by atoms with Gasteiger partial charge in [0.1, 0.15) is 0 Å². The SMILES string of the molecule is Cn1c(=O)c2c(c3ccccc31)C(c1ccccc1)C(C)(C(=O)c1ccccc1)C2. The largest absolute Gasteiger partial charge is 0.311 e. The van der Waals surface area contributed by atoms with Crippen molar-refractivity contribution >= 4 is 16.7 Å². The van der Waals surface area contributed by atoms with Crippen molar-refractivity contribution in [1.29, 1.82) is 0 Å². The Morgan fingerprint density at radius 3 is 2.20 bits per heavy atom. The maximum absolute atomic E-state index is 13.8. The molecule has 3 nitrogen and oxygen atoms in total. The van der Waals surface area contributed by atoms with Crippen molar-refractivity contribution in [1.82, 2.24) is 4.57 Å². The number of aryl methyl sites for hydroxylation is 1. The highest BCUT2D eigenvalue weighted by molar-refractivity contribution is 6.03. The number of benzene rings is 3. The van der Waals surface area contributed by atoms with Gasteiger partial charge < -0.3 is 4.57 Å². The van der Waals surface area contributed by atoms with Crippen molar-refractivity contribution in [2.75, 3.05) is 0 Å². The second kappa shape index (κ2) is 6.81. The average molecular weight is 393 g/mol. The summed E-state index contributed by atoms with van der Waals surface area (Å²) in [5.74, 6) is -0.0977. The first-order chi connectivity index (χ1) is 14.5. The first-order valence-electron chi connectivity index (χ1n) is 10.3. The smallest absolute Gasteiger partial charge is 0.254 e. The fraction of sp³-hybridized carbons (Fsp3) is 0.185. The van der Waals surface area contributed by atoms with Crippen LogP contribution in [0.3, 0.4) is 0 Å². The quantitative estimate of drug-likeness (QED) is 0.454. The van der Waals surface area contributed by atoms with Crippen LogP contribution in [0.5, 0.6) is 0 Å². The number of carbonyl (C=O) groups excluding carboxylic acids is 1. The van der Waals surface area contributed by atoms with E-state index in [2.05, 4.69) is 18.2 Å². The molecule has 1 heterocycles. The molecule has 0 saturated carbocycles. The third-order valence-electron chi connectivity index (χ3n) is 6.60. The molecule has 0 N–H and O–H groups in total. The Hall–Kier alpha value is -3.46. The minimum atomic E-state index is -0.735. The molecule has 2 unspecified atom stereocenters. The first kappa shape index (κ1) is 18.6. The summed E-state index contributed by atoms with van der Waals surface area (Å²) in [6.45, 7) is 2.02. The number of hydrogen-bond acceptors (Lipinski definition) is 2. The van der Waals surface area contributed by atoms with E-state index in [1.54, 1.807) is 4.57 Å². The van der Waals surface area contributed by atoms with E-state index >= 15 is 0 Å². The average Bonchev–Trinajstić information content (AvgIpc) is 3.12. The number of carbonyl (C=O) groups is 1. The van der Waals surface area contributed by atoms with Gasteiger partial charge in [0.05, 0.1) is 5.52 Å². The van der Waals surface area contributed by atoms with Crippen molar-refractivity contribution in [2.45, 2.75) is 19.3 Å². The van der Waals surface area contributed by atoms with Crippen LogP contribution >= 0.6 is 0 Å². The lowest BCUT2D eigenvalue weighted by Crippen LogP contribution is -2.33. The maximum atomic E-state index is 13.8. The lowest BCUT2D eigenvalue weighted by Gasteiger charge is -2.31. The van der Waals surface area contributed by atoms with Gasteiger partial charge in [-0.1, -0.05) is 85.8 Å². The second-order valence-electron chi connectivity index (χ2n) is 8.41. The number of aromatic nitrogens is 1. The van der Waals surface area contributed by atoms with Gasteiger partial charge in [-0.05, 0) is 23.6 Å². The van der Waals surface area contributed by atoms with Gasteiger partial charge >= 0.3 is 0 Å². The van der Waals surface area contributed by atoms with Crippen LogP contribution in [0.4, 0.5) is 0 Å². The second-order valence-corrected chi connectivity index (χ2v) is 8.41. The molecule has 0 saturated heterocycles. The highest BCUT2D eigenvalue weighted by Crippen LogP contribution is 2.53. The summed E-state index contributed by atoms with van der Waals surface area (Å²) >= 11 is 0. The summed E-state index contributed by atoms with van der Waals surface area (Å²) < 4.78 is 1.72. The number of pyridine rings is 1. The van der Waals surface area contributed by atoms with Crippen LogP contribution in [0.15, 0.2) is 89.7 Å². The molecule has 0 amide bonds. The Labute approximate surface area is 175 Å². The summed E-state index contributed by atoms with van der Waals surface area (Å²) in [5.41, 5.74) is 3.69. The van der Waals surface area contributed by atoms with E-state index in [0.29, 0.717) is 12.0 Å². The van der Waals surface area contributed by atoms with E-state index in [1.165, 1.54) is 0 Å². The van der Waals surface area contributed by atoms with E-state index in [4.69, 9.17) is 0 Å². The molecule has 0 aliphatic heterocycles. The van der Waals surface area contributed by atoms with Gasteiger partial charge in [-0.2, -0.15) is 0 Å². The zero-order valence-corrected chi connectivity index (χ0v) is 17.1. The molecule has 3 aromatic carbocycles. The number of rotatable bonds is 3. The van der Waals surface area contributed by atoms with Crippen LogP contribution in [0.2, 0.25) is 0 Å². The first-order valence-corrected chi connectivity index (χ1v) is 10.3. The summed E-state index contributed by atoms with van der Waals surface area (Å²) in [7, 11) is 1.82. The van der Waals surface area contributed by atoms with Gasteiger partial charge in [0.2, 0.25) is 0 Å². The number of fused-ring (bicyclic) bond motifs is 3. The molecule has 1 aliphatic carbocycles. The summed E-state index contributed by atoms with van der Waals surface area (Å²) in [6, 6.07) is 27.6. The zero-order valence-electron chi connectivity index (χ0n) is 17.1. The molecule has 30 heavy (non-hydrogen) atoms. The van der Waals surface area contributed by atoms with Crippen LogP contribution in [0.25, 0.3) is 10.9 Å². The van der Waals surface area contributed by atoms with Crippen molar-refractivity contribution < 1.29 is 4.79 Å². The Balaban J connectivity index is 1.84. The van der Waals surface area contributed by atoms with E-state index in [9.17, 15) is 9.59 Å². The molecule has 0 radical (unpaired) electrons. The van der Waals surface area contributed by atoms with Gasteiger partial charge in [0.15, 0.2) is 5.78 Å². The van der Waals surface area contributed by atoms with Crippen molar-refractivity contribution in [2.24, 2.45) is 12.5 Å². The molecule has 0 fully saturated rings. The molecule has 5 rings (SSSR count). The van der Waals surface area contributed by atoms with Crippen LogP contribution in [0, 0.1) is 5.41 Å². The lowest BCUT2D eigenvalue weighted by atomic mass is 9.69. The monoisotopic (exact) mass is 393 g/mol. The number of hydrogen-bond donors (Lipinski definition) is 0. The topological polar surface area (TPSA) is 39.1 Å². The van der Waals surface area contributed by atoms with E-state index in [0.717, 1.165) is 27.6 Å². The van der Waals surface area contributed by atoms with Crippen molar-refractivity contribution in [3.8, 4) is 0 Å². The third-order valence-corrected chi connectivity index (χ3v) is 6.60. The molecule has 2 atom stereocenters. The zero-order chi connectivity index (χ0) is 20.9. The Bertz CT molecular complexity index is 1320. The van der Waals surface area contributed by atoms with Gasteiger partial charge in [0, 0.05) is 34.9 Å². The lowest BCUT2D eigenvalue weighted by molar-refractivity contribution is 0.0807. The van der Waals surface area contributed by atoms with Crippen molar-refractivity contribution in [3.05, 3.63) is 118 Å². The van der Waals surface area contributed by atoms with E-state index < -0.39 is 5.41 Å². The van der Waals surface area contributed by atoms with Crippen molar-refractivity contribution in [3.63, 3.8) is 0 Å². The molecule has 148 valence electrons. The van der Waals surface area contributed by atoms with Gasteiger partial charge in [-0.25, -0.2) is 0 Å². The highest BCUT2D eigenvalue weighted by Gasteiger charge is 2.50. The summed E-state index contributed by atoms with van der Waals surface area (Å²) in [5, 5.41) is 1.05. The van der Waals surface area contributed by atoms with Crippen LogP contribution in [-0.4, -0.2) is 10.4 Å². The van der Waals surface area contributed by atoms with E-state index in [1.807, 2.05) is 80.7 Å². The minimum absolute atomic E-state index is 0.00535. The van der Waals surface area contributed by atoms with Gasteiger partial charge in [-0.3, -0.25) is 9.59 Å². The Morgan fingerprint density at radius 1 is 0.900 bits per heavy atom.